The second-order valence-electron chi connectivity index (χ2n) is 6.19. The van der Waals surface area contributed by atoms with E-state index in [0.717, 1.165) is 29.3 Å². The molecule has 7 heteroatoms. The van der Waals surface area contributed by atoms with Gasteiger partial charge in [-0.25, -0.2) is 0 Å². The van der Waals surface area contributed by atoms with Crippen molar-refractivity contribution in [1.29, 1.82) is 0 Å². The van der Waals surface area contributed by atoms with E-state index < -0.39 is 0 Å². The molecule has 0 aliphatic carbocycles. The molecule has 2 aromatic heterocycles. The van der Waals surface area contributed by atoms with E-state index in [1.54, 1.807) is 7.05 Å². The van der Waals surface area contributed by atoms with Gasteiger partial charge in [0.25, 0.3) is 0 Å². The normalized spacial score (nSPS) is 11.0. The number of aromatic nitrogens is 3. The lowest BCUT2D eigenvalue weighted by molar-refractivity contribution is 0.476. The van der Waals surface area contributed by atoms with Gasteiger partial charge < -0.3 is 10.2 Å². The molecule has 0 spiro atoms. The van der Waals surface area contributed by atoms with Gasteiger partial charge in [-0.05, 0) is 23.8 Å². The van der Waals surface area contributed by atoms with Crippen LogP contribution in [0.4, 0.5) is 0 Å². The number of hydrogen-bond acceptors (Lipinski definition) is 3. The first-order valence-electron chi connectivity index (χ1n) is 8.55. The van der Waals surface area contributed by atoms with Crippen LogP contribution in [0, 0.1) is 0 Å². The van der Waals surface area contributed by atoms with Crippen molar-refractivity contribution in [3.05, 3.63) is 72.2 Å². The van der Waals surface area contributed by atoms with Gasteiger partial charge in [0.1, 0.15) is 0 Å². The number of aryl methyl sites for hydroxylation is 1. The zero-order valence-electron chi connectivity index (χ0n) is 15.8. The number of guanidine groups is 1. The Hall–Kier alpha value is -2.42. The minimum Gasteiger partial charge on any atom is -0.352 e. The smallest absolute Gasteiger partial charge is 0.193 e. The molecule has 1 N–H and O–H groups in total. The molecule has 1 aromatic carbocycles. The molecular formula is C20H25IN6. The van der Waals surface area contributed by atoms with Crippen molar-refractivity contribution in [2.75, 3.05) is 14.1 Å². The summed E-state index contributed by atoms with van der Waals surface area (Å²) in [4.78, 5) is 10.9. The highest BCUT2D eigenvalue weighted by atomic mass is 127. The number of nitrogens with one attached hydrogen (secondary N) is 1. The van der Waals surface area contributed by atoms with E-state index >= 15 is 0 Å². The van der Waals surface area contributed by atoms with Crippen molar-refractivity contribution in [2.24, 2.45) is 12.0 Å². The van der Waals surface area contributed by atoms with E-state index in [1.165, 1.54) is 5.56 Å². The third-order valence-corrected chi connectivity index (χ3v) is 4.09. The van der Waals surface area contributed by atoms with Crippen molar-refractivity contribution in [3.63, 3.8) is 0 Å². The third-order valence-electron chi connectivity index (χ3n) is 4.09. The van der Waals surface area contributed by atoms with Crippen LogP contribution in [0.5, 0.6) is 0 Å². The topological polar surface area (TPSA) is 58.3 Å². The zero-order chi connectivity index (χ0) is 18.4. The Labute approximate surface area is 177 Å². The second-order valence-corrected chi connectivity index (χ2v) is 6.19. The lowest BCUT2D eigenvalue weighted by atomic mass is 10.1. The largest absolute Gasteiger partial charge is 0.352 e. The summed E-state index contributed by atoms with van der Waals surface area (Å²) in [6, 6.07) is 14.3. The maximum atomic E-state index is 4.42. The van der Waals surface area contributed by atoms with Gasteiger partial charge in [0, 0.05) is 57.8 Å². The Kier molecular flexibility index (Phi) is 7.78. The Morgan fingerprint density at radius 2 is 2.04 bits per heavy atom. The van der Waals surface area contributed by atoms with E-state index in [1.807, 2.05) is 55.6 Å². The standard InChI is InChI=1S/C20H24N6.HI/c1-21-20(25(2)14-17-13-24-26(3)15-17)23-12-16-7-6-8-18(11-16)19-9-4-5-10-22-19;/h4-11,13,15H,12,14H2,1-3H3,(H,21,23);1H. The number of pyridine rings is 1. The van der Waals surface area contributed by atoms with E-state index in [4.69, 9.17) is 0 Å². The zero-order valence-corrected chi connectivity index (χ0v) is 18.2. The number of nitrogens with zero attached hydrogens (tertiary/aromatic N) is 5. The van der Waals surface area contributed by atoms with Gasteiger partial charge in [-0.3, -0.25) is 14.7 Å². The molecule has 0 aliphatic heterocycles. The molecule has 0 amide bonds. The fraction of sp³-hybridized carbons (Fsp3) is 0.250. The molecule has 3 rings (SSSR count). The predicted octanol–water partition coefficient (Wildman–Crippen LogP) is 3.31. The molecule has 27 heavy (non-hydrogen) atoms. The molecule has 6 nitrogen and oxygen atoms in total. The van der Waals surface area contributed by atoms with Crippen molar-refractivity contribution in [3.8, 4) is 11.3 Å². The lowest BCUT2D eigenvalue weighted by Crippen LogP contribution is -2.37. The summed E-state index contributed by atoms with van der Waals surface area (Å²) >= 11 is 0. The monoisotopic (exact) mass is 476 g/mol. The summed E-state index contributed by atoms with van der Waals surface area (Å²) in [5, 5.41) is 7.63. The van der Waals surface area contributed by atoms with Crippen LogP contribution in [0.3, 0.4) is 0 Å². The quantitative estimate of drug-likeness (QED) is 0.349. The van der Waals surface area contributed by atoms with E-state index in [0.29, 0.717) is 6.54 Å². The Morgan fingerprint density at radius 1 is 1.19 bits per heavy atom. The summed E-state index contributed by atoms with van der Waals surface area (Å²) in [6.45, 7) is 1.45. The highest BCUT2D eigenvalue weighted by Gasteiger charge is 2.08. The molecule has 0 radical (unpaired) electrons. The van der Waals surface area contributed by atoms with Gasteiger partial charge in [-0.1, -0.05) is 24.3 Å². The fourth-order valence-electron chi connectivity index (χ4n) is 2.84. The van der Waals surface area contributed by atoms with Crippen molar-refractivity contribution in [2.45, 2.75) is 13.1 Å². The van der Waals surface area contributed by atoms with Gasteiger partial charge in [0.2, 0.25) is 0 Å². The van der Waals surface area contributed by atoms with Crippen LogP contribution in [-0.4, -0.2) is 39.7 Å². The SMILES string of the molecule is CN=C(NCc1cccc(-c2ccccn2)c1)N(C)Cc1cnn(C)c1.I. The number of aliphatic imine (C=N–C) groups is 1. The van der Waals surface area contributed by atoms with Crippen LogP contribution in [0.1, 0.15) is 11.1 Å². The molecule has 3 aromatic rings. The maximum absolute atomic E-state index is 4.42. The first-order chi connectivity index (χ1) is 12.7. The van der Waals surface area contributed by atoms with Gasteiger partial charge in [-0.2, -0.15) is 5.10 Å². The Bertz CT molecular complexity index is 875. The molecule has 0 atom stereocenters. The molecule has 142 valence electrons. The predicted molar refractivity (Wildman–Crippen MR) is 120 cm³/mol. The minimum absolute atomic E-state index is 0. The van der Waals surface area contributed by atoms with Gasteiger partial charge in [-0.15, -0.1) is 24.0 Å². The Balaban J connectivity index is 0.00000261. The average molecular weight is 476 g/mol. The van der Waals surface area contributed by atoms with Crippen LogP contribution in [0.2, 0.25) is 0 Å². The number of halogens is 1. The van der Waals surface area contributed by atoms with E-state index in [9.17, 15) is 0 Å². The fourth-order valence-corrected chi connectivity index (χ4v) is 2.84. The average Bonchev–Trinajstić information content (AvgIpc) is 3.08. The molecule has 2 heterocycles. The summed E-state index contributed by atoms with van der Waals surface area (Å²) in [5.41, 5.74) is 4.43. The van der Waals surface area contributed by atoms with Crippen LogP contribution < -0.4 is 5.32 Å². The van der Waals surface area contributed by atoms with Crippen molar-refractivity contribution in [1.82, 2.24) is 25.0 Å². The van der Waals surface area contributed by atoms with Gasteiger partial charge in [0.05, 0.1) is 11.9 Å². The molecule has 0 aliphatic rings. The number of benzene rings is 1. The van der Waals surface area contributed by atoms with Crippen molar-refractivity contribution >= 4 is 29.9 Å². The van der Waals surface area contributed by atoms with E-state index in [-0.39, 0.29) is 24.0 Å². The van der Waals surface area contributed by atoms with Crippen molar-refractivity contribution < 1.29 is 0 Å². The molecule has 0 bridgehead atoms. The molecule has 0 saturated carbocycles. The highest BCUT2D eigenvalue weighted by molar-refractivity contribution is 14.0. The number of hydrogen-bond donors (Lipinski definition) is 1. The first kappa shape index (κ1) is 20.9. The number of rotatable bonds is 5. The third kappa shape index (κ3) is 5.78. The summed E-state index contributed by atoms with van der Waals surface area (Å²) in [5.74, 6) is 0.845. The van der Waals surface area contributed by atoms with E-state index in [2.05, 4.69) is 49.6 Å². The second kappa shape index (κ2) is 10.1. The summed E-state index contributed by atoms with van der Waals surface area (Å²) in [7, 11) is 5.74. The summed E-state index contributed by atoms with van der Waals surface area (Å²) in [6.07, 6.45) is 5.70. The molecule has 0 fully saturated rings. The minimum atomic E-state index is 0. The van der Waals surface area contributed by atoms with Crippen LogP contribution in [-0.2, 0) is 20.1 Å². The molecular weight excluding hydrogens is 451 g/mol. The van der Waals surface area contributed by atoms with Crippen LogP contribution >= 0.6 is 24.0 Å². The maximum Gasteiger partial charge on any atom is 0.193 e. The first-order valence-corrected chi connectivity index (χ1v) is 8.55. The van der Waals surface area contributed by atoms with Crippen LogP contribution in [0.25, 0.3) is 11.3 Å². The summed E-state index contributed by atoms with van der Waals surface area (Å²) < 4.78 is 1.81. The van der Waals surface area contributed by atoms with Gasteiger partial charge >= 0.3 is 0 Å². The van der Waals surface area contributed by atoms with Crippen LogP contribution in [0.15, 0.2) is 66.0 Å². The van der Waals surface area contributed by atoms with Gasteiger partial charge in [0.15, 0.2) is 5.96 Å². The Morgan fingerprint density at radius 3 is 2.70 bits per heavy atom. The highest BCUT2D eigenvalue weighted by Crippen LogP contribution is 2.17. The molecule has 0 saturated heterocycles. The molecule has 0 unspecified atom stereocenters. The lowest BCUT2D eigenvalue weighted by Gasteiger charge is -2.21.